The third-order valence-electron chi connectivity index (χ3n) is 2.25. The Kier molecular flexibility index (Phi) is 5.16. The zero-order valence-corrected chi connectivity index (χ0v) is 12.4. The number of alkyl halides is 3. The lowest BCUT2D eigenvalue weighted by Gasteiger charge is -2.07. The fraction of sp³-hybridized carbons (Fsp3) is 0.308. The molecule has 1 aromatic rings. The molecule has 0 radical (unpaired) electrons. The number of ketones is 1. The molecule has 0 heterocycles. The zero-order valence-electron chi connectivity index (χ0n) is 11.6. The van der Waals surface area contributed by atoms with E-state index in [9.17, 15) is 22.2 Å². The largest absolute Gasteiger partial charge is 0.497 e. The zero-order chi connectivity index (χ0) is 16.3. The monoisotopic (exact) mass is 321 g/mol. The molecule has 8 heteroatoms. The highest BCUT2D eigenvalue weighted by atomic mass is 32.2. The summed E-state index contributed by atoms with van der Waals surface area (Å²) in [6.45, 7) is 0. The van der Waals surface area contributed by atoms with Crippen LogP contribution in [0.1, 0.15) is 5.56 Å². The van der Waals surface area contributed by atoms with E-state index in [2.05, 4.69) is 4.36 Å². The van der Waals surface area contributed by atoms with Gasteiger partial charge in [0.05, 0.1) is 12.8 Å². The molecule has 21 heavy (non-hydrogen) atoms. The Labute approximate surface area is 120 Å². The molecule has 1 aromatic carbocycles. The molecule has 0 unspecified atom stereocenters. The van der Waals surface area contributed by atoms with Gasteiger partial charge in [0.25, 0.3) is 5.78 Å². The van der Waals surface area contributed by atoms with E-state index in [1.807, 2.05) is 0 Å². The van der Waals surface area contributed by atoms with Crippen LogP contribution < -0.4 is 4.74 Å². The Morgan fingerprint density at radius 2 is 1.76 bits per heavy atom. The van der Waals surface area contributed by atoms with E-state index < -0.39 is 21.7 Å². The summed E-state index contributed by atoms with van der Waals surface area (Å²) in [7, 11) is -1.28. The van der Waals surface area contributed by atoms with Gasteiger partial charge in [-0.2, -0.15) is 17.5 Å². The van der Waals surface area contributed by atoms with Gasteiger partial charge in [0.2, 0.25) is 0 Å². The van der Waals surface area contributed by atoms with Crippen LogP contribution >= 0.6 is 0 Å². The Morgan fingerprint density at radius 1 is 1.24 bits per heavy atom. The maximum atomic E-state index is 12.3. The van der Waals surface area contributed by atoms with Crippen molar-refractivity contribution in [3.8, 4) is 5.75 Å². The van der Waals surface area contributed by atoms with Crippen LogP contribution in [0.5, 0.6) is 5.75 Å². The number of nitrogens with zero attached hydrogens (tertiary/aromatic N) is 1. The van der Waals surface area contributed by atoms with Gasteiger partial charge in [-0.15, -0.1) is 0 Å². The number of hydrogen-bond donors (Lipinski definition) is 0. The molecular formula is C13H14F3NO3S. The van der Waals surface area contributed by atoms with E-state index in [4.69, 9.17) is 4.74 Å². The van der Waals surface area contributed by atoms with Gasteiger partial charge in [-0.25, -0.2) is 4.21 Å². The minimum atomic E-state index is -5.00. The number of allylic oxidation sites excluding steroid dienone is 1. The fourth-order valence-corrected chi connectivity index (χ4v) is 2.00. The molecule has 0 fully saturated rings. The Hall–Kier alpha value is -1.83. The van der Waals surface area contributed by atoms with Gasteiger partial charge >= 0.3 is 6.18 Å². The predicted molar refractivity (Wildman–Crippen MR) is 74.5 cm³/mol. The number of halogens is 3. The van der Waals surface area contributed by atoms with Gasteiger partial charge in [-0.1, -0.05) is 0 Å². The number of methoxy groups -OCH3 is 1. The molecule has 0 saturated heterocycles. The lowest BCUT2D eigenvalue weighted by atomic mass is 10.1. The lowest BCUT2D eigenvalue weighted by molar-refractivity contribution is -0.165. The third kappa shape index (κ3) is 5.58. The molecular weight excluding hydrogens is 307 g/mol. The minimum absolute atomic E-state index is 0.241. The average Bonchev–Trinajstić information content (AvgIpc) is 2.35. The number of carbonyl (C=O) groups excluding carboxylic acids is 1. The molecule has 0 amide bonds. The van der Waals surface area contributed by atoms with Crippen LogP contribution in [-0.2, 0) is 14.5 Å². The summed E-state index contributed by atoms with van der Waals surface area (Å²) in [6, 6.07) is 5.87. The van der Waals surface area contributed by atoms with Crippen molar-refractivity contribution in [2.75, 3.05) is 19.6 Å². The van der Waals surface area contributed by atoms with Crippen molar-refractivity contribution in [1.82, 2.24) is 0 Å². The Balaban J connectivity index is 3.36. The second-order valence-electron chi connectivity index (χ2n) is 4.39. The van der Waals surface area contributed by atoms with E-state index in [1.165, 1.54) is 43.9 Å². The molecule has 4 nitrogen and oxygen atoms in total. The van der Waals surface area contributed by atoms with Gasteiger partial charge in [-0.3, -0.25) is 4.79 Å². The third-order valence-corrected chi connectivity index (χ3v) is 2.89. The lowest BCUT2D eigenvalue weighted by Crippen LogP contribution is -2.20. The Morgan fingerprint density at radius 3 is 2.14 bits per heavy atom. The molecule has 0 atom stereocenters. The topological polar surface area (TPSA) is 55.7 Å². The first-order valence-electron chi connectivity index (χ1n) is 5.67. The fourth-order valence-electron chi connectivity index (χ4n) is 1.37. The molecule has 0 aliphatic heterocycles. The molecule has 0 aromatic heterocycles. The first-order valence-corrected chi connectivity index (χ1v) is 8.00. The van der Waals surface area contributed by atoms with E-state index >= 15 is 0 Å². The van der Waals surface area contributed by atoms with Gasteiger partial charge in [0.15, 0.2) is 0 Å². The van der Waals surface area contributed by atoms with Crippen LogP contribution in [0.2, 0.25) is 0 Å². The first-order chi connectivity index (χ1) is 9.53. The summed E-state index contributed by atoms with van der Waals surface area (Å²) in [5.74, 6) is -1.56. The van der Waals surface area contributed by atoms with Crippen molar-refractivity contribution < 1.29 is 26.9 Å². The summed E-state index contributed by atoms with van der Waals surface area (Å²) in [5.41, 5.74) is -0.0418. The van der Waals surface area contributed by atoms with Crippen LogP contribution in [0.3, 0.4) is 0 Å². The van der Waals surface area contributed by atoms with E-state index in [0.717, 1.165) is 0 Å². The smallest absolute Gasteiger partial charge is 0.454 e. The molecule has 0 aliphatic carbocycles. The summed E-state index contributed by atoms with van der Waals surface area (Å²) >= 11 is 0. The number of hydrogen-bond acceptors (Lipinski definition) is 4. The number of ether oxygens (including phenoxy) is 1. The Bertz CT molecular complexity index is 661. The van der Waals surface area contributed by atoms with Gasteiger partial charge in [-0.05, 0) is 24.3 Å². The van der Waals surface area contributed by atoms with Crippen molar-refractivity contribution in [1.29, 1.82) is 0 Å². The van der Waals surface area contributed by atoms with E-state index in [-0.39, 0.29) is 11.3 Å². The molecule has 1 rings (SSSR count). The normalized spacial score (nSPS) is 13.0. The van der Waals surface area contributed by atoms with Crippen molar-refractivity contribution in [3.63, 3.8) is 0 Å². The van der Waals surface area contributed by atoms with Crippen molar-refractivity contribution >= 4 is 21.2 Å². The predicted octanol–water partition coefficient (Wildman–Crippen LogP) is 2.90. The molecule has 0 spiro atoms. The second-order valence-corrected chi connectivity index (χ2v) is 6.94. The molecule has 0 aliphatic rings. The maximum Gasteiger partial charge on any atom is 0.454 e. The van der Waals surface area contributed by atoms with Gasteiger partial charge < -0.3 is 4.74 Å². The SMILES string of the molecule is COc1ccc(/C(=C\C(=O)C(F)(F)F)N=S(C)(C)=O)cc1. The highest BCUT2D eigenvalue weighted by Crippen LogP contribution is 2.24. The van der Waals surface area contributed by atoms with Gasteiger partial charge in [0, 0.05) is 33.9 Å². The van der Waals surface area contributed by atoms with Crippen LogP contribution in [-0.4, -0.2) is 35.8 Å². The van der Waals surface area contributed by atoms with Crippen LogP contribution in [0.4, 0.5) is 13.2 Å². The molecule has 0 bridgehead atoms. The van der Waals surface area contributed by atoms with Crippen LogP contribution in [0, 0.1) is 0 Å². The maximum absolute atomic E-state index is 12.3. The first kappa shape index (κ1) is 17.2. The summed E-state index contributed by atoms with van der Waals surface area (Å²) in [6.07, 6.45) is -2.13. The molecule has 116 valence electrons. The number of benzene rings is 1. The summed E-state index contributed by atoms with van der Waals surface area (Å²) in [4.78, 5) is 11.1. The highest BCUT2D eigenvalue weighted by Gasteiger charge is 2.37. The standard InChI is InChI=1S/C13H14F3NO3S/c1-20-10-6-4-9(5-7-10)11(17-21(2,3)19)8-12(18)13(14,15)16/h4-8H,1-3H3/b11-8+. The molecule has 0 N–H and O–H groups in total. The quantitative estimate of drug-likeness (QED) is 0.801. The van der Waals surface area contributed by atoms with Crippen LogP contribution in [0.15, 0.2) is 34.7 Å². The van der Waals surface area contributed by atoms with Crippen molar-refractivity contribution in [2.24, 2.45) is 4.36 Å². The van der Waals surface area contributed by atoms with Crippen molar-refractivity contribution in [2.45, 2.75) is 6.18 Å². The van der Waals surface area contributed by atoms with Crippen LogP contribution in [0.25, 0.3) is 5.70 Å². The average molecular weight is 321 g/mol. The summed E-state index contributed by atoms with van der Waals surface area (Å²) < 4.78 is 57.4. The molecule has 0 saturated carbocycles. The minimum Gasteiger partial charge on any atom is -0.497 e. The highest BCUT2D eigenvalue weighted by molar-refractivity contribution is 7.92. The van der Waals surface area contributed by atoms with Crippen molar-refractivity contribution in [3.05, 3.63) is 35.9 Å². The van der Waals surface area contributed by atoms with E-state index in [0.29, 0.717) is 11.8 Å². The van der Waals surface area contributed by atoms with Gasteiger partial charge in [0.1, 0.15) is 5.75 Å². The number of rotatable bonds is 4. The van der Waals surface area contributed by atoms with E-state index in [1.54, 1.807) is 0 Å². The number of carbonyl (C=O) groups is 1. The second kappa shape index (κ2) is 6.30. The summed E-state index contributed by atoms with van der Waals surface area (Å²) in [5, 5.41) is 0.